The number of likely N-dealkylation sites (N-methyl/N-ethyl adjacent to an activating group) is 1. The molecule has 28 heavy (non-hydrogen) atoms. The molecule has 3 N–H and O–H groups in total. The number of hydrogen-bond donors (Lipinski definition) is 3. The molecule has 0 radical (unpaired) electrons. The van der Waals surface area contributed by atoms with E-state index in [1.54, 1.807) is 19.2 Å². The van der Waals surface area contributed by atoms with Gasteiger partial charge in [-0.25, -0.2) is 4.39 Å². The van der Waals surface area contributed by atoms with Crippen LogP contribution in [-0.4, -0.2) is 56.3 Å². The fourth-order valence-corrected chi connectivity index (χ4v) is 3.04. The summed E-state index contributed by atoms with van der Waals surface area (Å²) in [5.41, 5.74) is 4.06. The lowest BCUT2D eigenvalue weighted by molar-refractivity contribution is -0.103. The fourth-order valence-electron chi connectivity index (χ4n) is 3.04. The van der Waals surface area contributed by atoms with Crippen molar-refractivity contribution in [3.8, 4) is 0 Å². The number of aldehydes is 1. The van der Waals surface area contributed by atoms with Crippen molar-refractivity contribution >= 4 is 29.5 Å². The number of hydrogen-bond acceptors (Lipinski definition) is 4. The second kappa shape index (κ2) is 9.32. The summed E-state index contributed by atoms with van der Waals surface area (Å²) in [5.74, 6) is -0.593. The molecule has 0 saturated heterocycles. The molecule has 2 aromatic rings. The van der Waals surface area contributed by atoms with Crippen LogP contribution in [0.25, 0.3) is 11.6 Å². The van der Waals surface area contributed by atoms with Gasteiger partial charge < -0.3 is 20.5 Å². The van der Waals surface area contributed by atoms with Gasteiger partial charge >= 0.3 is 0 Å². The molecule has 0 atom stereocenters. The lowest BCUT2D eigenvalue weighted by atomic mass is 10.0. The zero-order chi connectivity index (χ0) is 20.8. The number of aromatic amines is 1. The predicted molar refractivity (Wildman–Crippen MR) is 111 cm³/mol. The number of aryl methyl sites for hydroxylation is 1. The molecule has 2 rings (SSSR count). The number of aromatic nitrogens is 1. The fraction of sp³-hybridized carbons (Fsp3) is 0.333. The summed E-state index contributed by atoms with van der Waals surface area (Å²) in [7, 11) is 5.59. The molecule has 0 bridgehead atoms. The summed E-state index contributed by atoms with van der Waals surface area (Å²) in [6.07, 6.45) is 2.32. The maximum atomic E-state index is 13.7. The number of benzene rings is 1. The van der Waals surface area contributed by atoms with Gasteiger partial charge in [-0.3, -0.25) is 9.59 Å². The van der Waals surface area contributed by atoms with E-state index in [9.17, 15) is 14.0 Å². The number of carbonyl (C=O) groups is 2. The van der Waals surface area contributed by atoms with Crippen LogP contribution in [0.15, 0.2) is 18.2 Å². The van der Waals surface area contributed by atoms with Crippen LogP contribution in [0, 0.1) is 19.7 Å². The van der Waals surface area contributed by atoms with Crippen molar-refractivity contribution < 1.29 is 14.0 Å². The first kappa shape index (κ1) is 21.4. The first-order chi connectivity index (χ1) is 13.3. The topological polar surface area (TPSA) is 77.2 Å². The van der Waals surface area contributed by atoms with Gasteiger partial charge in [0.1, 0.15) is 5.82 Å². The highest BCUT2D eigenvalue weighted by atomic mass is 19.1. The second-order valence-electron chi connectivity index (χ2n) is 6.88. The second-order valence-corrected chi connectivity index (χ2v) is 6.88. The zero-order valence-electron chi connectivity index (χ0n) is 16.9. The van der Waals surface area contributed by atoms with Gasteiger partial charge in [-0.2, -0.15) is 0 Å². The van der Waals surface area contributed by atoms with Crippen molar-refractivity contribution in [2.45, 2.75) is 13.8 Å². The highest BCUT2D eigenvalue weighted by molar-refractivity contribution is 6.15. The number of allylic oxidation sites excluding steroid dienone is 1. The van der Waals surface area contributed by atoms with Gasteiger partial charge in [0.05, 0.1) is 5.56 Å². The minimum atomic E-state index is -0.429. The maximum Gasteiger partial charge on any atom is 0.253 e. The van der Waals surface area contributed by atoms with Gasteiger partial charge in [0.25, 0.3) is 5.91 Å². The summed E-state index contributed by atoms with van der Waals surface area (Å²) in [4.78, 5) is 29.4. The van der Waals surface area contributed by atoms with Crippen molar-refractivity contribution in [2.75, 3.05) is 39.5 Å². The monoisotopic (exact) mass is 386 g/mol. The quantitative estimate of drug-likeness (QED) is 0.482. The maximum absolute atomic E-state index is 13.7. The molecule has 0 fully saturated rings. The van der Waals surface area contributed by atoms with E-state index in [0.717, 1.165) is 12.1 Å². The average Bonchev–Trinajstić information content (AvgIpc) is 2.92. The van der Waals surface area contributed by atoms with Crippen molar-refractivity contribution in [3.63, 3.8) is 0 Å². The molecule has 0 aliphatic carbocycles. The lowest BCUT2D eigenvalue weighted by Gasteiger charge is -2.11. The number of H-pyrrole nitrogens is 1. The first-order valence-corrected chi connectivity index (χ1v) is 9.05. The Kier molecular flexibility index (Phi) is 7.12. The first-order valence-electron chi connectivity index (χ1n) is 9.05. The Bertz CT molecular complexity index is 900. The smallest absolute Gasteiger partial charge is 0.253 e. The number of rotatable bonds is 8. The van der Waals surface area contributed by atoms with E-state index < -0.39 is 5.82 Å². The Hall–Kier alpha value is -2.93. The summed E-state index contributed by atoms with van der Waals surface area (Å²) in [5, 5.41) is 5.86. The van der Waals surface area contributed by atoms with E-state index >= 15 is 0 Å². The van der Waals surface area contributed by atoms with E-state index in [1.807, 2.05) is 32.8 Å². The van der Waals surface area contributed by atoms with Crippen LogP contribution in [0.1, 0.15) is 32.9 Å². The van der Waals surface area contributed by atoms with Crippen LogP contribution in [0.4, 0.5) is 10.1 Å². The molecule has 7 heteroatoms. The largest absolute Gasteiger partial charge is 0.388 e. The van der Waals surface area contributed by atoms with Crippen molar-refractivity contribution in [1.29, 1.82) is 0 Å². The molecule has 1 amide bonds. The molecule has 0 aliphatic rings. The molecule has 0 aliphatic heterocycles. The molecule has 6 nitrogen and oxygen atoms in total. The summed E-state index contributed by atoms with van der Waals surface area (Å²) in [6.45, 7) is 4.91. The number of anilines is 1. The average molecular weight is 386 g/mol. The van der Waals surface area contributed by atoms with E-state index in [0.29, 0.717) is 46.6 Å². The Morgan fingerprint density at radius 1 is 1.29 bits per heavy atom. The Morgan fingerprint density at radius 2 is 2.00 bits per heavy atom. The molecule has 0 spiro atoms. The normalized spacial score (nSPS) is 11.6. The third kappa shape index (κ3) is 4.86. The molecular formula is C21H27FN4O2. The summed E-state index contributed by atoms with van der Waals surface area (Å²) in [6, 6.07) is 4.22. The molecule has 0 unspecified atom stereocenters. The highest BCUT2D eigenvalue weighted by Gasteiger charge is 2.18. The summed E-state index contributed by atoms with van der Waals surface area (Å²) >= 11 is 0. The van der Waals surface area contributed by atoms with Gasteiger partial charge in [-0.05, 0) is 57.8 Å². The lowest BCUT2D eigenvalue weighted by Crippen LogP contribution is -2.31. The van der Waals surface area contributed by atoms with Gasteiger partial charge in [-0.15, -0.1) is 0 Å². The number of carbonyl (C=O) groups excluding carboxylic acids is 2. The van der Waals surface area contributed by atoms with Crippen LogP contribution in [0.2, 0.25) is 0 Å². The number of nitrogens with one attached hydrogen (secondary N) is 3. The number of nitrogens with zero attached hydrogens (tertiary/aromatic N) is 1. The zero-order valence-corrected chi connectivity index (χ0v) is 16.9. The molecule has 1 aromatic heterocycles. The number of amides is 1. The third-order valence-electron chi connectivity index (χ3n) is 4.54. The third-order valence-corrected chi connectivity index (χ3v) is 4.54. The van der Waals surface area contributed by atoms with Crippen LogP contribution in [-0.2, 0) is 4.79 Å². The SMILES string of the molecule is CNc1ccc(F)cc1/C(C=O)=C/c1[nH]c(C)c(C(=O)NCCN(C)C)c1C. The molecule has 150 valence electrons. The minimum Gasteiger partial charge on any atom is -0.388 e. The predicted octanol–water partition coefficient (Wildman–Crippen LogP) is 2.84. The van der Waals surface area contributed by atoms with Crippen LogP contribution >= 0.6 is 0 Å². The molecule has 1 heterocycles. The van der Waals surface area contributed by atoms with Crippen LogP contribution in [0.3, 0.4) is 0 Å². The van der Waals surface area contributed by atoms with E-state index in [2.05, 4.69) is 15.6 Å². The Morgan fingerprint density at radius 3 is 2.61 bits per heavy atom. The molecule has 0 saturated carbocycles. The standard InChI is InChI=1S/C21H27FN4O2/c1-13-19(25-14(2)20(13)21(28)24-8-9-26(4)5)10-15(12-27)17-11-16(22)6-7-18(17)23-3/h6-7,10-12,23,25H,8-9H2,1-5H3,(H,24,28)/b15-10+. The minimum absolute atomic E-state index is 0.165. The van der Waals surface area contributed by atoms with Crippen molar-refractivity contribution in [1.82, 2.24) is 15.2 Å². The molecule has 1 aromatic carbocycles. The van der Waals surface area contributed by atoms with Gasteiger partial charge in [0.15, 0.2) is 6.29 Å². The van der Waals surface area contributed by atoms with Crippen molar-refractivity contribution in [2.24, 2.45) is 0 Å². The van der Waals surface area contributed by atoms with Crippen molar-refractivity contribution in [3.05, 3.63) is 52.1 Å². The van der Waals surface area contributed by atoms with E-state index in [1.165, 1.54) is 12.1 Å². The van der Waals surface area contributed by atoms with Gasteiger partial charge in [0, 0.05) is 48.3 Å². The van der Waals surface area contributed by atoms with Gasteiger partial charge in [0.2, 0.25) is 0 Å². The Balaban J connectivity index is 2.39. The van der Waals surface area contributed by atoms with Gasteiger partial charge in [-0.1, -0.05) is 0 Å². The Labute approximate surface area is 164 Å². The highest BCUT2D eigenvalue weighted by Crippen LogP contribution is 2.27. The summed E-state index contributed by atoms with van der Waals surface area (Å²) < 4.78 is 13.7. The van der Waals surface area contributed by atoms with Crippen LogP contribution in [0.5, 0.6) is 0 Å². The van der Waals surface area contributed by atoms with E-state index in [-0.39, 0.29) is 5.91 Å². The van der Waals surface area contributed by atoms with Crippen LogP contribution < -0.4 is 10.6 Å². The number of halogens is 1. The molecular weight excluding hydrogens is 359 g/mol. The van der Waals surface area contributed by atoms with E-state index in [4.69, 9.17) is 0 Å².